The maximum atomic E-state index is 13.1. The lowest BCUT2D eigenvalue weighted by atomic mass is 10.1. The normalized spacial score (nSPS) is 12.2. The largest absolute Gasteiger partial charge is 0.444 e. The fourth-order valence-electron chi connectivity index (χ4n) is 1.40. The number of halogens is 4. The topological polar surface area (TPSA) is 38.3 Å². The predicted molar refractivity (Wildman–Crippen MR) is 64.5 cm³/mol. The van der Waals surface area contributed by atoms with Crippen molar-refractivity contribution in [3.05, 3.63) is 35.1 Å². The molecule has 0 radical (unpaired) electrons. The minimum Gasteiger partial charge on any atom is -0.444 e. The molecule has 1 N–H and O–H groups in total. The number of amides is 1. The number of alkyl carbamates (subject to hydrolysis) is 1. The number of rotatable bonds is 2. The summed E-state index contributed by atoms with van der Waals surface area (Å²) in [6.45, 7) is 4.69. The minimum absolute atomic E-state index is 0.00295. The van der Waals surface area contributed by atoms with E-state index in [2.05, 4.69) is 5.32 Å². The highest BCUT2D eigenvalue weighted by atomic mass is 19.4. The molecule has 1 amide bonds. The second-order valence-electron chi connectivity index (χ2n) is 5.20. The molecule has 1 aromatic rings. The van der Waals surface area contributed by atoms with Gasteiger partial charge in [0.15, 0.2) is 0 Å². The summed E-state index contributed by atoms with van der Waals surface area (Å²) >= 11 is 0. The van der Waals surface area contributed by atoms with Crippen LogP contribution in [0.2, 0.25) is 0 Å². The Hall–Kier alpha value is -1.79. The van der Waals surface area contributed by atoms with E-state index in [-0.39, 0.29) is 12.1 Å². The molecule has 0 aliphatic carbocycles. The summed E-state index contributed by atoms with van der Waals surface area (Å²) < 4.78 is 55.5. The summed E-state index contributed by atoms with van der Waals surface area (Å²) in [4.78, 5) is 11.3. The predicted octanol–water partition coefficient (Wildman–Crippen LogP) is 3.87. The van der Waals surface area contributed by atoms with Crippen molar-refractivity contribution in [3.63, 3.8) is 0 Å². The zero-order valence-corrected chi connectivity index (χ0v) is 11.3. The summed E-state index contributed by atoms with van der Waals surface area (Å²) in [7, 11) is 0. The molecule has 0 heterocycles. The van der Waals surface area contributed by atoms with Gasteiger partial charge in [0.1, 0.15) is 11.4 Å². The third-order valence-corrected chi connectivity index (χ3v) is 2.12. The van der Waals surface area contributed by atoms with E-state index >= 15 is 0 Å². The quantitative estimate of drug-likeness (QED) is 0.841. The summed E-state index contributed by atoms with van der Waals surface area (Å²) in [5, 5.41) is 2.27. The van der Waals surface area contributed by atoms with Crippen LogP contribution in [-0.4, -0.2) is 11.7 Å². The summed E-state index contributed by atoms with van der Waals surface area (Å²) in [6, 6.07) is 2.10. The molecule has 7 heteroatoms. The highest BCUT2D eigenvalue weighted by Gasteiger charge is 2.31. The van der Waals surface area contributed by atoms with Gasteiger partial charge in [-0.2, -0.15) is 13.2 Å². The molecule has 0 spiro atoms. The SMILES string of the molecule is CC(C)(C)OC(=O)NCc1cc(F)cc(C(F)(F)F)c1. The summed E-state index contributed by atoms with van der Waals surface area (Å²) in [5.41, 5.74) is -1.81. The zero-order chi connectivity index (χ0) is 15.6. The highest BCUT2D eigenvalue weighted by molar-refractivity contribution is 5.67. The fourth-order valence-corrected chi connectivity index (χ4v) is 1.40. The van der Waals surface area contributed by atoms with Crippen molar-refractivity contribution in [3.8, 4) is 0 Å². The van der Waals surface area contributed by atoms with Gasteiger partial charge in [0.05, 0.1) is 5.56 Å². The number of carbonyl (C=O) groups excluding carboxylic acids is 1. The zero-order valence-electron chi connectivity index (χ0n) is 11.3. The van der Waals surface area contributed by atoms with Crippen LogP contribution in [0.15, 0.2) is 18.2 Å². The van der Waals surface area contributed by atoms with E-state index in [9.17, 15) is 22.4 Å². The van der Waals surface area contributed by atoms with Crippen molar-refractivity contribution < 1.29 is 27.1 Å². The van der Waals surface area contributed by atoms with Crippen molar-refractivity contribution in [2.45, 2.75) is 39.1 Å². The Morgan fingerprint density at radius 3 is 2.30 bits per heavy atom. The van der Waals surface area contributed by atoms with Crippen LogP contribution in [0.25, 0.3) is 0 Å². The smallest absolute Gasteiger partial charge is 0.416 e. The van der Waals surface area contributed by atoms with Crippen LogP contribution in [0.4, 0.5) is 22.4 Å². The van der Waals surface area contributed by atoms with Gasteiger partial charge in [-0.15, -0.1) is 0 Å². The van der Waals surface area contributed by atoms with Crippen molar-refractivity contribution in [1.82, 2.24) is 5.32 Å². The summed E-state index contributed by atoms with van der Waals surface area (Å²) in [6.07, 6.45) is -5.42. The van der Waals surface area contributed by atoms with Gasteiger partial charge >= 0.3 is 12.3 Å². The first kappa shape index (κ1) is 16.3. The van der Waals surface area contributed by atoms with E-state index in [0.29, 0.717) is 6.07 Å². The van der Waals surface area contributed by atoms with Gasteiger partial charge in [-0.1, -0.05) is 0 Å². The van der Waals surface area contributed by atoms with Crippen LogP contribution in [0.5, 0.6) is 0 Å². The Balaban J connectivity index is 2.74. The number of carbonyl (C=O) groups is 1. The summed E-state index contributed by atoms with van der Waals surface area (Å²) in [5.74, 6) is -1.01. The van der Waals surface area contributed by atoms with Gasteiger partial charge < -0.3 is 10.1 Å². The van der Waals surface area contributed by atoms with Crippen LogP contribution in [-0.2, 0) is 17.5 Å². The molecule has 3 nitrogen and oxygen atoms in total. The fraction of sp³-hybridized carbons (Fsp3) is 0.462. The standard InChI is InChI=1S/C13H15F4NO2/c1-12(2,3)20-11(19)18-7-8-4-9(13(15,16)17)6-10(14)5-8/h4-6H,7H2,1-3H3,(H,18,19). The lowest BCUT2D eigenvalue weighted by Crippen LogP contribution is -2.32. The Morgan fingerprint density at radius 2 is 1.80 bits per heavy atom. The van der Waals surface area contributed by atoms with Crippen molar-refractivity contribution in [2.24, 2.45) is 0 Å². The first-order valence-corrected chi connectivity index (χ1v) is 5.81. The average molecular weight is 293 g/mol. The lowest BCUT2D eigenvalue weighted by molar-refractivity contribution is -0.137. The minimum atomic E-state index is -4.64. The number of benzene rings is 1. The third kappa shape index (κ3) is 5.46. The molecule has 0 fully saturated rings. The van der Waals surface area contributed by atoms with Crippen molar-refractivity contribution >= 4 is 6.09 Å². The molecule has 0 aromatic heterocycles. The van der Waals surface area contributed by atoms with Gasteiger partial charge in [0.25, 0.3) is 0 Å². The van der Waals surface area contributed by atoms with E-state index in [1.54, 1.807) is 20.8 Å². The van der Waals surface area contributed by atoms with Crippen molar-refractivity contribution in [2.75, 3.05) is 0 Å². The van der Waals surface area contributed by atoms with Crippen LogP contribution in [0, 0.1) is 5.82 Å². The monoisotopic (exact) mass is 293 g/mol. The van der Waals surface area contributed by atoms with Crippen molar-refractivity contribution in [1.29, 1.82) is 0 Å². The molecule has 0 saturated heterocycles. The van der Waals surface area contributed by atoms with Gasteiger partial charge in [-0.25, -0.2) is 9.18 Å². The highest BCUT2D eigenvalue weighted by Crippen LogP contribution is 2.30. The number of hydrogen-bond donors (Lipinski definition) is 1. The molecule has 0 bridgehead atoms. The molecule has 1 aromatic carbocycles. The first-order chi connectivity index (χ1) is 8.97. The Kier molecular flexibility index (Phi) is 4.62. The number of alkyl halides is 3. The molecule has 0 atom stereocenters. The molecule has 0 saturated carbocycles. The molecular formula is C13H15F4NO2. The Morgan fingerprint density at radius 1 is 1.20 bits per heavy atom. The lowest BCUT2D eigenvalue weighted by Gasteiger charge is -2.19. The van der Waals surface area contributed by atoms with Crippen LogP contribution >= 0.6 is 0 Å². The molecule has 0 aliphatic heterocycles. The number of nitrogens with one attached hydrogen (secondary N) is 1. The van der Waals surface area contributed by atoms with Gasteiger partial charge in [0, 0.05) is 6.54 Å². The van der Waals surface area contributed by atoms with E-state index in [0.717, 1.165) is 12.1 Å². The molecule has 0 unspecified atom stereocenters. The molecule has 20 heavy (non-hydrogen) atoms. The second-order valence-corrected chi connectivity index (χ2v) is 5.20. The number of hydrogen-bond acceptors (Lipinski definition) is 2. The Labute approximate surface area is 113 Å². The Bertz CT molecular complexity index is 492. The third-order valence-electron chi connectivity index (χ3n) is 2.12. The van der Waals surface area contributed by atoms with Gasteiger partial charge in [-0.3, -0.25) is 0 Å². The molecule has 1 rings (SSSR count). The molecule has 0 aliphatic rings. The van der Waals surface area contributed by atoms with E-state index in [1.807, 2.05) is 0 Å². The molecule has 112 valence electrons. The van der Waals surface area contributed by atoms with Gasteiger partial charge in [-0.05, 0) is 44.5 Å². The van der Waals surface area contributed by atoms with E-state index in [4.69, 9.17) is 4.74 Å². The maximum Gasteiger partial charge on any atom is 0.416 e. The van der Waals surface area contributed by atoms with Crippen LogP contribution < -0.4 is 5.32 Å². The second kappa shape index (κ2) is 5.68. The van der Waals surface area contributed by atoms with Crippen LogP contribution in [0.1, 0.15) is 31.9 Å². The van der Waals surface area contributed by atoms with Gasteiger partial charge in [0.2, 0.25) is 0 Å². The van der Waals surface area contributed by atoms with Crippen LogP contribution in [0.3, 0.4) is 0 Å². The first-order valence-electron chi connectivity index (χ1n) is 5.81. The number of ether oxygens (including phenoxy) is 1. The molecular weight excluding hydrogens is 278 g/mol. The van der Waals surface area contributed by atoms with E-state index in [1.165, 1.54) is 0 Å². The van der Waals surface area contributed by atoms with E-state index < -0.39 is 29.3 Å². The average Bonchev–Trinajstić information content (AvgIpc) is 2.22. The maximum absolute atomic E-state index is 13.1.